The number of rotatable bonds is 3. The summed E-state index contributed by atoms with van der Waals surface area (Å²) in [6.45, 7) is -0.464. The van der Waals surface area contributed by atoms with Gasteiger partial charge in [0, 0.05) is 4.92 Å². The highest BCUT2D eigenvalue weighted by atomic mass is 16.6. The highest BCUT2D eigenvalue weighted by Gasteiger charge is 2.16. The third-order valence-electron chi connectivity index (χ3n) is 2.50. The van der Waals surface area contributed by atoms with Crippen LogP contribution >= 0.6 is 0 Å². The Bertz CT molecular complexity index is 519. The van der Waals surface area contributed by atoms with Crippen LogP contribution in [0.15, 0.2) is 42.5 Å². The van der Waals surface area contributed by atoms with Crippen molar-refractivity contribution in [3.63, 3.8) is 0 Å². The molecule has 0 unspecified atom stereocenters. The Morgan fingerprint density at radius 3 is 2.62 bits per heavy atom. The van der Waals surface area contributed by atoms with Gasteiger partial charge in [0.2, 0.25) is 6.54 Å². The van der Waals surface area contributed by atoms with Crippen molar-refractivity contribution in [1.82, 2.24) is 0 Å². The van der Waals surface area contributed by atoms with Gasteiger partial charge in [0.15, 0.2) is 0 Å². The van der Waals surface area contributed by atoms with Crippen molar-refractivity contribution in [1.29, 1.82) is 0 Å². The molecule has 0 radical (unpaired) electrons. The van der Waals surface area contributed by atoms with Gasteiger partial charge in [-0.2, -0.15) is 0 Å². The third-order valence-corrected chi connectivity index (χ3v) is 2.50. The van der Waals surface area contributed by atoms with Gasteiger partial charge in [-0.1, -0.05) is 42.5 Å². The average molecular weight is 217 g/mol. The second-order valence-electron chi connectivity index (χ2n) is 3.60. The van der Waals surface area contributed by atoms with E-state index in [0.29, 0.717) is 5.56 Å². The van der Waals surface area contributed by atoms with E-state index in [0.717, 1.165) is 10.8 Å². The van der Waals surface area contributed by atoms with Gasteiger partial charge in [-0.05, 0) is 16.3 Å². The third kappa shape index (κ3) is 2.01. The molecular weight excluding hydrogens is 206 g/mol. The van der Waals surface area contributed by atoms with Crippen LogP contribution in [0.4, 0.5) is 0 Å². The van der Waals surface area contributed by atoms with Crippen LogP contribution in [0, 0.1) is 10.1 Å². The van der Waals surface area contributed by atoms with E-state index in [9.17, 15) is 15.2 Å². The predicted molar refractivity (Wildman–Crippen MR) is 60.8 cm³/mol. The topological polar surface area (TPSA) is 63.4 Å². The quantitative estimate of drug-likeness (QED) is 0.632. The van der Waals surface area contributed by atoms with E-state index in [-0.39, 0.29) is 0 Å². The summed E-state index contributed by atoms with van der Waals surface area (Å²) < 4.78 is 0. The van der Waals surface area contributed by atoms with E-state index in [1.54, 1.807) is 12.1 Å². The number of fused-ring (bicyclic) bond motifs is 1. The van der Waals surface area contributed by atoms with Crippen molar-refractivity contribution >= 4 is 10.8 Å². The van der Waals surface area contributed by atoms with E-state index in [1.807, 2.05) is 30.3 Å². The van der Waals surface area contributed by atoms with E-state index in [2.05, 4.69) is 0 Å². The number of nitro groups is 1. The largest absolute Gasteiger partial charge is 0.381 e. The first-order valence-electron chi connectivity index (χ1n) is 4.96. The zero-order chi connectivity index (χ0) is 11.5. The lowest BCUT2D eigenvalue weighted by atomic mass is 10.0. The molecule has 0 heterocycles. The van der Waals surface area contributed by atoms with Crippen LogP contribution in [0.3, 0.4) is 0 Å². The molecule has 0 saturated carbocycles. The average Bonchev–Trinajstić information content (AvgIpc) is 2.27. The van der Waals surface area contributed by atoms with Crippen LogP contribution in [0.1, 0.15) is 11.7 Å². The van der Waals surface area contributed by atoms with Crippen molar-refractivity contribution in [2.45, 2.75) is 6.10 Å². The summed E-state index contributed by atoms with van der Waals surface area (Å²) in [4.78, 5) is 9.86. The lowest BCUT2D eigenvalue weighted by molar-refractivity contribution is -0.491. The summed E-state index contributed by atoms with van der Waals surface area (Å²) >= 11 is 0. The summed E-state index contributed by atoms with van der Waals surface area (Å²) in [5.74, 6) is 0. The molecule has 16 heavy (non-hydrogen) atoms. The normalized spacial score (nSPS) is 12.6. The molecule has 1 atom stereocenters. The van der Waals surface area contributed by atoms with E-state index in [4.69, 9.17) is 0 Å². The van der Waals surface area contributed by atoms with E-state index < -0.39 is 17.6 Å². The highest BCUT2D eigenvalue weighted by Crippen LogP contribution is 2.24. The number of nitrogens with zero attached hydrogens (tertiary/aromatic N) is 1. The van der Waals surface area contributed by atoms with Crippen LogP contribution in [-0.4, -0.2) is 16.6 Å². The van der Waals surface area contributed by atoms with Gasteiger partial charge in [-0.25, -0.2) is 0 Å². The van der Waals surface area contributed by atoms with Crippen molar-refractivity contribution in [3.05, 3.63) is 58.1 Å². The SMILES string of the molecule is O=[N+]([O-])C[C@H](O)c1cccc2ccccc12. The summed E-state index contributed by atoms with van der Waals surface area (Å²) in [5.41, 5.74) is 0.606. The number of benzene rings is 2. The zero-order valence-corrected chi connectivity index (χ0v) is 8.54. The summed E-state index contributed by atoms with van der Waals surface area (Å²) in [6.07, 6.45) is -1.05. The molecule has 0 aliphatic rings. The molecule has 0 saturated heterocycles. The van der Waals surface area contributed by atoms with Gasteiger partial charge in [-0.15, -0.1) is 0 Å². The molecule has 2 rings (SSSR count). The first kappa shape index (κ1) is 10.6. The Kier molecular flexibility index (Phi) is 2.83. The number of aliphatic hydroxyl groups excluding tert-OH is 1. The molecule has 2 aromatic rings. The Labute approximate surface area is 92.3 Å². The number of hydrogen-bond donors (Lipinski definition) is 1. The first-order valence-corrected chi connectivity index (χ1v) is 4.96. The summed E-state index contributed by atoms with van der Waals surface area (Å²) in [7, 11) is 0. The maximum atomic E-state index is 10.4. The number of aliphatic hydroxyl groups is 1. The van der Waals surface area contributed by atoms with Gasteiger partial charge in [0.05, 0.1) is 0 Å². The van der Waals surface area contributed by atoms with Gasteiger partial charge >= 0.3 is 0 Å². The second-order valence-corrected chi connectivity index (χ2v) is 3.60. The van der Waals surface area contributed by atoms with Crippen molar-refractivity contribution in [2.24, 2.45) is 0 Å². The lowest BCUT2D eigenvalue weighted by Crippen LogP contribution is -2.12. The van der Waals surface area contributed by atoms with Crippen molar-refractivity contribution in [3.8, 4) is 0 Å². The zero-order valence-electron chi connectivity index (χ0n) is 8.54. The van der Waals surface area contributed by atoms with Gasteiger partial charge in [0.1, 0.15) is 6.10 Å². The molecule has 0 bridgehead atoms. The van der Waals surface area contributed by atoms with Crippen molar-refractivity contribution < 1.29 is 10.0 Å². The Balaban J connectivity index is 2.47. The number of hydrogen-bond acceptors (Lipinski definition) is 3. The maximum Gasteiger partial charge on any atom is 0.233 e. The molecule has 2 aromatic carbocycles. The monoisotopic (exact) mass is 217 g/mol. The molecule has 0 spiro atoms. The molecule has 0 aliphatic carbocycles. The Hall–Kier alpha value is -1.94. The standard InChI is InChI=1S/C12H11NO3/c14-12(8-13(15)16)11-7-3-5-9-4-1-2-6-10(9)11/h1-7,12,14H,8H2/t12-/m0/s1. The van der Waals surface area contributed by atoms with Crippen LogP contribution in [0.5, 0.6) is 0 Å². The van der Waals surface area contributed by atoms with Crippen LogP contribution in [-0.2, 0) is 0 Å². The molecular formula is C12H11NO3. The molecule has 0 aliphatic heterocycles. The van der Waals surface area contributed by atoms with Crippen LogP contribution < -0.4 is 0 Å². The Morgan fingerprint density at radius 2 is 1.88 bits per heavy atom. The smallest absolute Gasteiger partial charge is 0.233 e. The Morgan fingerprint density at radius 1 is 1.19 bits per heavy atom. The van der Waals surface area contributed by atoms with Crippen molar-refractivity contribution in [2.75, 3.05) is 6.54 Å². The fourth-order valence-corrected chi connectivity index (χ4v) is 1.78. The molecule has 4 heteroatoms. The minimum atomic E-state index is -1.05. The van der Waals surface area contributed by atoms with Gasteiger partial charge in [0.25, 0.3) is 0 Å². The maximum absolute atomic E-state index is 10.4. The fourth-order valence-electron chi connectivity index (χ4n) is 1.78. The minimum Gasteiger partial charge on any atom is -0.381 e. The lowest BCUT2D eigenvalue weighted by Gasteiger charge is -2.09. The van der Waals surface area contributed by atoms with E-state index >= 15 is 0 Å². The summed E-state index contributed by atoms with van der Waals surface area (Å²) in [5, 5.41) is 21.9. The van der Waals surface area contributed by atoms with Crippen LogP contribution in [0.2, 0.25) is 0 Å². The second kappa shape index (κ2) is 4.28. The fraction of sp³-hybridized carbons (Fsp3) is 0.167. The molecule has 0 fully saturated rings. The predicted octanol–water partition coefficient (Wildman–Crippen LogP) is 2.15. The molecule has 0 aromatic heterocycles. The minimum absolute atomic E-state index is 0.464. The van der Waals surface area contributed by atoms with Gasteiger partial charge in [-0.3, -0.25) is 10.1 Å². The first-order chi connectivity index (χ1) is 7.68. The molecule has 4 nitrogen and oxygen atoms in total. The summed E-state index contributed by atoms with van der Waals surface area (Å²) in [6, 6.07) is 12.9. The molecule has 1 N–H and O–H groups in total. The molecule has 0 amide bonds. The molecule has 82 valence electrons. The van der Waals surface area contributed by atoms with Gasteiger partial charge < -0.3 is 5.11 Å². The highest BCUT2D eigenvalue weighted by molar-refractivity contribution is 5.85. The van der Waals surface area contributed by atoms with Crippen LogP contribution in [0.25, 0.3) is 10.8 Å². The van der Waals surface area contributed by atoms with E-state index in [1.165, 1.54) is 0 Å².